The molecule has 0 aliphatic carbocycles. The minimum atomic E-state index is 0.0983. The molecule has 1 N–H and O–H groups in total. The highest BCUT2D eigenvalue weighted by Gasteiger charge is 2.16. The molecule has 2 aromatic rings. The van der Waals surface area contributed by atoms with Crippen molar-refractivity contribution in [3.63, 3.8) is 0 Å². The summed E-state index contributed by atoms with van der Waals surface area (Å²) < 4.78 is 5.75. The average molecular weight is 285 g/mol. The zero-order valence-electron chi connectivity index (χ0n) is 13.1. The molecular weight excluding hydrogens is 262 g/mol. The summed E-state index contributed by atoms with van der Waals surface area (Å²) in [5, 5.41) is 3.51. The van der Waals surface area contributed by atoms with Crippen LogP contribution >= 0.6 is 0 Å². The SMILES string of the molecule is CCNC(c1cncc(OC(C)C)c1)c1ccncc1C. The van der Waals surface area contributed by atoms with E-state index in [1.807, 2.05) is 32.4 Å². The Labute approximate surface area is 126 Å². The van der Waals surface area contributed by atoms with E-state index in [4.69, 9.17) is 4.74 Å². The van der Waals surface area contributed by atoms with E-state index in [0.717, 1.165) is 17.9 Å². The second-order valence-corrected chi connectivity index (χ2v) is 5.34. The van der Waals surface area contributed by atoms with E-state index in [2.05, 4.69) is 41.3 Å². The zero-order chi connectivity index (χ0) is 15.2. The van der Waals surface area contributed by atoms with Crippen molar-refractivity contribution in [2.75, 3.05) is 6.54 Å². The van der Waals surface area contributed by atoms with Gasteiger partial charge in [0.05, 0.1) is 18.3 Å². The number of hydrogen-bond acceptors (Lipinski definition) is 4. The molecule has 2 aromatic heterocycles. The number of ether oxygens (including phenoxy) is 1. The van der Waals surface area contributed by atoms with Gasteiger partial charge in [0.1, 0.15) is 5.75 Å². The van der Waals surface area contributed by atoms with Crippen molar-refractivity contribution in [3.8, 4) is 5.75 Å². The number of nitrogens with one attached hydrogen (secondary N) is 1. The maximum absolute atomic E-state index is 5.75. The lowest BCUT2D eigenvalue weighted by Crippen LogP contribution is -2.23. The number of nitrogens with zero attached hydrogens (tertiary/aromatic N) is 2. The van der Waals surface area contributed by atoms with Gasteiger partial charge in [0.25, 0.3) is 0 Å². The first kappa shape index (κ1) is 15.4. The van der Waals surface area contributed by atoms with Crippen molar-refractivity contribution in [2.45, 2.75) is 39.8 Å². The first-order valence-corrected chi connectivity index (χ1v) is 7.37. The maximum Gasteiger partial charge on any atom is 0.138 e. The molecule has 21 heavy (non-hydrogen) atoms. The van der Waals surface area contributed by atoms with Crippen LogP contribution in [0.1, 0.15) is 43.5 Å². The molecule has 0 radical (unpaired) electrons. The normalized spacial score (nSPS) is 12.4. The van der Waals surface area contributed by atoms with Crippen molar-refractivity contribution in [1.29, 1.82) is 0 Å². The second-order valence-electron chi connectivity index (χ2n) is 5.34. The summed E-state index contributed by atoms with van der Waals surface area (Å²) in [6.45, 7) is 9.09. The van der Waals surface area contributed by atoms with E-state index in [1.54, 1.807) is 6.20 Å². The van der Waals surface area contributed by atoms with Crippen LogP contribution in [0.3, 0.4) is 0 Å². The summed E-state index contributed by atoms with van der Waals surface area (Å²) in [6.07, 6.45) is 7.50. The Morgan fingerprint density at radius 3 is 2.67 bits per heavy atom. The quantitative estimate of drug-likeness (QED) is 0.885. The summed E-state index contributed by atoms with van der Waals surface area (Å²) in [6, 6.07) is 4.21. The average Bonchev–Trinajstić information content (AvgIpc) is 2.45. The van der Waals surface area contributed by atoms with Gasteiger partial charge in [-0.2, -0.15) is 0 Å². The summed E-state index contributed by atoms with van der Waals surface area (Å²) in [7, 11) is 0. The highest BCUT2D eigenvalue weighted by Crippen LogP contribution is 2.26. The molecule has 0 aliphatic rings. The molecule has 0 aromatic carbocycles. The van der Waals surface area contributed by atoms with Gasteiger partial charge in [-0.05, 0) is 56.1 Å². The van der Waals surface area contributed by atoms with Gasteiger partial charge in [-0.1, -0.05) is 6.92 Å². The number of aryl methyl sites for hydroxylation is 1. The van der Waals surface area contributed by atoms with Gasteiger partial charge < -0.3 is 10.1 Å². The molecule has 1 atom stereocenters. The van der Waals surface area contributed by atoms with Gasteiger partial charge in [-0.25, -0.2) is 0 Å². The molecule has 0 fully saturated rings. The van der Waals surface area contributed by atoms with Crippen LogP contribution in [-0.4, -0.2) is 22.6 Å². The summed E-state index contributed by atoms with van der Waals surface area (Å²) in [5.41, 5.74) is 3.48. The van der Waals surface area contributed by atoms with Gasteiger partial charge in [-0.3, -0.25) is 9.97 Å². The molecule has 0 bridgehead atoms. The van der Waals surface area contributed by atoms with Gasteiger partial charge >= 0.3 is 0 Å². The van der Waals surface area contributed by atoms with Crippen LogP contribution in [0.25, 0.3) is 0 Å². The number of hydrogen-bond donors (Lipinski definition) is 1. The van der Waals surface area contributed by atoms with Crippen LogP contribution in [0.4, 0.5) is 0 Å². The smallest absolute Gasteiger partial charge is 0.138 e. The predicted octanol–water partition coefficient (Wildman–Crippen LogP) is 3.27. The molecule has 2 rings (SSSR count). The first-order chi connectivity index (χ1) is 10.1. The molecule has 2 heterocycles. The molecule has 4 heteroatoms. The zero-order valence-corrected chi connectivity index (χ0v) is 13.1. The second kappa shape index (κ2) is 7.18. The van der Waals surface area contributed by atoms with Crippen LogP contribution in [0.2, 0.25) is 0 Å². The third-order valence-electron chi connectivity index (χ3n) is 3.22. The van der Waals surface area contributed by atoms with Crippen molar-refractivity contribution in [3.05, 3.63) is 53.6 Å². The Morgan fingerprint density at radius 1 is 1.19 bits per heavy atom. The van der Waals surface area contributed by atoms with E-state index >= 15 is 0 Å². The van der Waals surface area contributed by atoms with Gasteiger partial charge in [-0.15, -0.1) is 0 Å². The Balaban J connectivity index is 2.36. The maximum atomic E-state index is 5.75. The van der Waals surface area contributed by atoms with Crippen LogP contribution in [0.15, 0.2) is 36.9 Å². The Hall–Kier alpha value is -1.94. The molecule has 0 spiro atoms. The number of pyridine rings is 2. The molecule has 0 aliphatic heterocycles. The molecule has 0 amide bonds. The lowest BCUT2D eigenvalue weighted by atomic mass is 9.97. The van der Waals surface area contributed by atoms with E-state index in [0.29, 0.717) is 0 Å². The van der Waals surface area contributed by atoms with E-state index in [-0.39, 0.29) is 12.1 Å². The fourth-order valence-electron chi connectivity index (χ4n) is 2.35. The van der Waals surface area contributed by atoms with Gasteiger partial charge in [0.2, 0.25) is 0 Å². The number of rotatable bonds is 6. The van der Waals surface area contributed by atoms with Crippen molar-refractivity contribution < 1.29 is 4.74 Å². The standard InChI is InChI=1S/C17H23N3O/c1-5-20-17(16-6-7-18-9-13(16)4)14-8-15(11-19-10-14)21-12(2)3/h6-12,17,20H,5H2,1-4H3. The van der Waals surface area contributed by atoms with Gasteiger partial charge in [0, 0.05) is 18.6 Å². The predicted molar refractivity (Wildman–Crippen MR) is 84.5 cm³/mol. The van der Waals surface area contributed by atoms with Gasteiger partial charge in [0.15, 0.2) is 0 Å². The summed E-state index contributed by atoms with van der Waals surface area (Å²) in [4.78, 5) is 8.49. The molecule has 1 unspecified atom stereocenters. The topological polar surface area (TPSA) is 47.0 Å². The fourth-order valence-corrected chi connectivity index (χ4v) is 2.35. The molecule has 4 nitrogen and oxygen atoms in total. The molecule has 112 valence electrons. The largest absolute Gasteiger partial charge is 0.489 e. The Morgan fingerprint density at radius 2 is 2.00 bits per heavy atom. The molecule has 0 saturated carbocycles. The lowest BCUT2D eigenvalue weighted by Gasteiger charge is -2.21. The van der Waals surface area contributed by atoms with E-state index in [9.17, 15) is 0 Å². The highest BCUT2D eigenvalue weighted by molar-refractivity contribution is 5.36. The third-order valence-corrected chi connectivity index (χ3v) is 3.22. The Bertz CT molecular complexity index is 584. The monoisotopic (exact) mass is 285 g/mol. The third kappa shape index (κ3) is 4.02. The van der Waals surface area contributed by atoms with Crippen molar-refractivity contribution >= 4 is 0 Å². The van der Waals surface area contributed by atoms with Crippen molar-refractivity contribution in [1.82, 2.24) is 15.3 Å². The summed E-state index contributed by atoms with van der Waals surface area (Å²) in [5.74, 6) is 0.803. The number of aromatic nitrogens is 2. The highest BCUT2D eigenvalue weighted by atomic mass is 16.5. The van der Waals surface area contributed by atoms with Crippen LogP contribution in [-0.2, 0) is 0 Å². The van der Waals surface area contributed by atoms with Crippen LogP contribution < -0.4 is 10.1 Å². The Kier molecular flexibility index (Phi) is 5.28. The fraction of sp³-hybridized carbons (Fsp3) is 0.412. The lowest BCUT2D eigenvalue weighted by molar-refractivity contribution is 0.241. The van der Waals surface area contributed by atoms with E-state index < -0.39 is 0 Å². The minimum Gasteiger partial charge on any atom is -0.489 e. The first-order valence-electron chi connectivity index (χ1n) is 7.37. The van der Waals surface area contributed by atoms with Crippen molar-refractivity contribution in [2.24, 2.45) is 0 Å². The summed E-state index contributed by atoms with van der Waals surface area (Å²) >= 11 is 0. The van der Waals surface area contributed by atoms with Crippen LogP contribution in [0, 0.1) is 6.92 Å². The minimum absolute atomic E-state index is 0.0983. The molecular formula is C17H23N3O. The van der Waals surface area contributed by atoms with E-state index in [1.165, 1.54) is 11.1 Å². The van der Waals surface area contributed by atoms with Crippen LogP contribution in [0.5, 0.6) is 5.75 Å². The molecule has 0 saturated heterocycles.